The summed E-state index contributed by atoms with van der Waals surface area (Å²) in [6, 6.07) is 3.74. The van der Waals surface area contributed by atoms with E-state index in [1.54, 1.807) is 14.0 Å². The predicted octanol–water partition coefficient (Wildman–Crippen LogP) is 1.92. The van der Waals surface area contributed by atoms with Crippen LogP contribution in [0, 0.1) is 6.92 Å². The second-order valence-electron chi connectivity index (χ2n) is 3.73. The first kappa shape index (κ1) is 13.5. The number of aromatic nitrogens is 2. The molecule has 2 heterocycles. The van der Waals surface area contributed by atoms with E-state index in [0.717, 1.165) is 4.88 Å². The van der Waals surface area contributed by atoms with Gasteiger partial charge in [0.05, 0.1) is 5.69 Å². The van der Waals surface area contributed by atoms with Crippen LogP contribution in [0.1, 0.15) is 10.6 Å². The topological polar surface area (TPSA) is 64.0 Å². The smallest absolute Gasteiger partial charge is 0.245 e. The van der Waals surface area contributed by atoms with E-state index in [0.29, 0.717) is 5.69 Å². The van der Waals surface area contributed by atoms with Gasteiger partial charge in [0.25, 0.3) is 0 Å². The number of hydrogen-bond donors (Lipinski definition) is 1. The number of thiophene rings is 1. The average Bonchev–Trinajstić information content (AvgIpc) is 2.86. The SMILES string of the molecule is Cc1nn(C)c(Cl)c1S(=O)(=O)NCc1cccs1. The van der Waals surface area contributed by atoms with E-state index in [1.807, 2.05) is 17.5 Å². The fourth-order valence-corrected chi connectivity index (χ4v) is 4.06. The van der Waals surface area contributed by atoms with E-state index in [9.17, 15) is 8.42 Å². The highest BCUT2D eigenvalue weighted by Crippen LogP contribution is 2.24. The summed E-state index contributed by atoms with van der Waals surface area (Å²) in [5.41, 5.74) is 0.390. The molecule has 0 aliphatic heterocycles. The van der Waals surface area contributed by atoms with Crippen molar-refractivity contribution in [1.29, 1.82) is 0 Å². The lowest BCUT2D eigenvalue weighted by atomic mass is 10.5. The zero-order chi connectivity index (χ0) is 13.3. The van der Waals surface area contributed by atoms with E-state index in [2.05, 4.69) is 9.82 Å². The van der Waals surface area contributed by atoms with Crippen molar-refractivity contribution in [3.05, 3.63) is 33.2 Å². The molecule has 0 bridgehead atoms. The summed E-state index contributed by atoms with van der Waals surface area (Å²) >= 11 is 7.43. The van der Waals surface area contributed by atoms with E-state index < -0.39 is 10.0 Å². The summed E-state index contributed by atoms with van der Waals surface area (Å²) in [7, 11) is -2.03. The molecule has 2 aromatic heterocycles. The minimum atomic E-state index is -3.64. The minimum absolute atomic E-state index is 0.0447. The molecule has 2 rings (SSSR count). The van der Waals surface area contributed by atoms with E-state index >= 15 is 0 Å². The zero-order valence-corrected chi connectivity index (χ0v) is 12.2. The molecule has 0 aromatic carbocycles. The highest BCUT2D eigenvalue weighted by atomic mass is 35.5. The summed E-state index contributed by atoms with van der Waals surface area (Å²) in [5.74, 6) is 0. The number of hydrogen-bond acceptors (Lipinski definition) is 4. The summed E-state index contributed by atoms with van der Waals surface area (Å²) < 4.78 is 28.1. The van der Waals surface area contributed by atoms with Gasteiger partial charge >= 0.3 is 0 Å². The molecule has 0 unspecified atom stereocenters. The largest absolute Gasteiger partial charge is 0.255 e. The average molecular weight is 306 g/mol. The van der Waals surface area contributed by atoms with Crippen molar-refractivity contribution in [3.8, 4) is 0 Å². The van der Waals surface area contributed by atoms with Gasteiger partial charge in [-0.15, -0.1) is 11.3 Å². The van der Waals surface area contributed by atoms with E-state index in [1.165, 1.54) is 16.0 Å². The number of aryl methyl sites for hydroxylation is 2. The molecule has 0 aliphatic carbocycles. The van der Waals surface area contributed by atoms with Crippen molar-refractivity contribution >= 4 is 33.0 Å². The van der Waals surface area contributed by atoms with Gasteiger partial charge in [-0.1, -0.05) is 17.7 Å². The fourth-order valence-electron chi connectivity index (χ4n) is 1.57. The Kier molecular flexibility index (Phi) is 3.76. The zero-order valence-electron chi connectivity index (χ0n) is 9.84. The van der Waals surface area contributed by atoms with Gasteiger partial charge in [0.1, 0.15) is 10.0 Å². The van der Waals surface area contributed by atoms with Gasteiger partial charge in [-0.2, -0.15) is 5.10 Å². The summed E-state index contributed by atoms with van der Waals surface area (Å²) in [4.78, 5) is 0.986. The molecule has 8 heteroatoms. The number of halogens is 1. The van der Waals surface area contributed by atoms with Crippen LogP contribution in [0.3, 0.4) is 0 Å². The number of sulfonamides is 1. The maximum absolute atomic E-state index is 12.1. The fraction of sp³-hybridized carbons (Fsp3) is 0.300. The molecule has 98 valence electrons. The molecule has 2 aromatic rings. The van der Waals surface area contributed by atoms with Gasteiger partial charge < -0.3 is 0 Å². The Bertz CT molecular complexity index is 647. The van der Waals surface area contributed by atoms with Crippen LogP contribution in [0.15, 0.2) is 22.4 Å². The molecule has 0 saturated heterocycles. The van der Waals surface area contributed by atoms with Crippen molar-refractivity contribution in [3.63, 3.8) is 0 Å². The molecule has 0 amide bonds. The molecule has 0 fully saturated rings. The Morgan fingerprint density at radius 1 is 1.56 bits per heavy atom. The maximum atomic E-state index is 12.1. The Balaban J connectivity index is 2.26. The van der Waals surface area contributed by atoms with Crippen LogP contribution in [0.25, 0.3) is 0 Å². The Morgan fingerprint density at radius 2 is 2.28 bits per heavy atom. The second kappa shape index (κ2) is 5.00. The van der Waals surface area contributed by atoms with Crippen molar-refractivity contribution < 1.29 is 8.42 Å². The molecule has 18 heavy (non-hydrogen) atoms. The van der Waals surface area contributed by atoms with Crippen LogP contribution in [0.2, 0.25) is 5.15 Å². The summed E-state index contributed by atoms with van der Waals surface area (Å²) in [6.07, 6.45) is 0. The molecule has 5 nitrogen and oxygen atoms in total. The van der Waals surface area contributed by atoms with Gasteiger partial charge in [-0.25, -0.2) is 13.1 Å². The van der Waals surface area contributed by atoms with Crippen LogP contribution in [-0.2, 0) is 23.6 Å². The summed E-state index contributed by atoms with van der Waals surface area (Å²) in [6.45, 7) is 1.87. The highest BCUT2D eigenvalue weighted by molar-refractivity contribution is 7.89. The lowest BCUT2D eigenvalue weighted by Crippen LogP contribution is -2.23. The van der Waals surface area contributed by atoms with Crippen LogP contribution >= 0.6 is 22.9 Å². The van der Waals surface area contributed by atoms with Crippen LogP contribution in [0.5, 0.6) is 0 Å². The Morgan fingerprint density at radius 3 is 2.78 bits per heavy atom. The molecule has 1 N–H and O–H groups in total. The van der Waals surface area contributed by atoms with Crippen LogP contribution < -0.4 is 4.72 Å². The van der Waals surface area contributed by atoms with Crippen LogP contribution in [-0.4, -0.2) is 18.2 Å². The van der Waals surface area contributed by atoms with Gasteiger partial charge in [0.2, 0.25) is 10.0 Å². The Hall–Kier alpha value is -0.890. The van der Waals surface area contributed by atoms with Crippen molar-refractivity contribution in [2.45, 2.75) is 18.4 Å². The number of rotatable bonds is 4. The quantitative estimate of drug-likeness (QED) is 0.938. The Labute approximate surface area is 114 Å². The van der Waals surface area contributed by atoms with Gasteiger partial charge in [0, 0.05) is 18.5 Å². The second-order valence-corrected chi connectivity index (χ2v) is 6.83. The van der Waals surface area contributed by atoms with Crippen molar-refractivity contribution in [1.82, 2.24) is 14.5 Å². The third kappa shape index (κ3) is 2.59. The monoisotopic (exact) mass is 305 g/mol. The molecule has 0 saturated carbocycles. The first-order chi connectivity index (χ1) is 8.42. The number of nitrogens with zero attached hydrogens (tertiary/aromatic N) is 2. The normalized spacial score (nSPS) is 11.9. The third-order valence-electron chi connectivity index (χ3n) is 2.39. The first-order valence-corrected chi connectivity index (χ1v) is 7.87. The highest BCUT2D eigenvalue weighted by Gasteiger charge is 2.24. The maximum Gasteiger partial charge on any atom is 0.245 e. The first-order valence-electron chi connectivity index (χ1n) is 5.13. The minimum Gasteiger partial charge on any atom is -0.255 e. The van der Waals surface area contributed by atoms with Gasteiger partial charge in [-0.3, -0.25) is 4.68 Å². The molecule has 0 radical (unpaired) electrons. The van der Waals surface area contributed by atoms with Crippen molar-refractivity contribution in [2.24, 2.45) is 7.05 Å². The molecular formula is C10H12ClN3O2S2. The van der Waals surface area contributed by atoms with Crippen molar-refractivity contribution in [2.75, 3.05) is 0 Å². The summed E-state index contributed by atoms with van der Waals surface area (Å²) in [5, 5.41) is 6.00. The standard InChI is InChI=1S/C10H12ClN3O2S2/c1-7-9(10(11)14(2)13-7)18(15,16)12-6-8-4-3-5-17-8/h3-5,12H,6H2,1-2H3. The molecular weight excluding hydrogens is 294 g/mol. The van der Waals surface area contributed by atoms with Gasteiger partial charge in [0.15, 0.2) is 0 Å². The predicted molar refractivity (Wildman–Crippen MR) is 71.3 cm³/mol. The van der Waals surface area contributed by atoms with E-state index in [4.69, 9.17) is 11.6 Å². The number of nitrogens with one attached hydrogen (secondary N) is 1. The molecule has 0 atom stereocenters. The molecule has 0 spiro atoms. The van der Waals surface area contributed by atoms with Gasteiger partial charge in [-0.05, 0) is 18.4 Å². The van der Waals surface area contributed by atoms with Crippen LogP contribution in [0.4, 0.5) is 0 Å². The lowest BCUT2D eigenvalue weighted by Gasteiger charge is -2.05. The molecule has 0 aliphatic rings. The van der Waals surface area contributed by atoms with E-state index in [-0.39, 0.29) is 16.6 Å². The third-order valence-corrected chi connectivity index (χ3v) is 5.36. The lowest BCUT2D eigenvalue weighted by molar-refractivity contribution is 0.581.